The maximum atomic E-state index is 5.84. The van der Waals surface area contributed by atoms with Crippen molar-refractivity contribution >= 4 is 51.8 Å². The molecule has 2 unspecified atom stereocenters. The van der Waals surface area contributed by atoms with Crippen molar-refractivity contribution in [2.45, 2.75) is 138 Å². The molecule has 2 heterocycles. The van der Waals surface area contributed by atoms with Crippen LogP contribution in [0.1, 0.15) is 138 Å². The van der Waals surface area contributed by atoms with Gasteiger partial charge in [-0.1, -0.05) is 173 Å². The summed E-state index contributed by atoms with van der Waals surface area (Å²) in [5.74, 6) is 1.21. The van der Waals surface area contributed by atoms with Crippen molar-refractivity contribution in [2.24, 2.45) is 32.2 Å². The van der Waals surface area contributed by atoms with Gasteiger partial charge >= 0.3 is 0 Å². The van der Waals surface area contributed by atoms with Gasteiger partial charge in [0.05, 0.1) is 0 Å². The Labute approximate surface area is 298 Å². The monoisotopic (exact) mass is 660 g/mol. The standard InChI is InChI=1S/C10H12N4.C10H11N3S.6C2H6.4CH4.2B/c1-10(7-5-3-2-4-6-7)8(11)13-9(12)14-10;1-10(7-5-3-2-4-6-7)8(11)12-9(14)13-10;6*1-2;;;;;;/h2-6H,1H3,(H4,11,12,13,14);2-6H,1H3,(H3,11,12,13,14);6*1-2H3;4*1H4;;. The maximum absolute atomic E-state index is 5.84. The van der Waals surface area contributed by atoms with E-state index in [2.05, 4.69) is 20.3 Å². The van der Waals surface area contributed by atoms with Crippen molar-refractivity contribution in [1.82, 2.24) is 5.32 Å². The summed E-state index contributed by atoms with van der Waals surface area (Å²) in [6.45, 7) is 27.9. The third-order valence-corrected chi connectivity index (χ3v) is 5.04. The summed E-state index contributed by atoms with van der Waals surface area (Å²) in [6, 6.07) is 19.7. The number of aliphatic imine (C=N–C) groups is 3. The highest BCUT2D eigenvalue weighted by molar-refractivity contribution is 7.80. The Kier molecular flexibility index (Phi) is 63.3. The van der Waals surface area contributed by atoms with Crippen LogP contribution in [0.2, 0.25) is 0 Å². The lowest BCUT2D eigenvalue weighted by Crippen LogP contribution is -2.46. The zero-order valence-corrected chi connectivity index (χ0v) is 29.7. The van der Waals surface area contributed by atoms with Crippen LogP contribution in [0.4, 0.5) is 0 Å². The average Bonchev–Trinajstić information content (AvgIpc) is 3.47. The molecule has 0 fully saturated rings. The van der Waals surface area contributed by atoms with E-state index in [0.717, 1.165) is 11.1 Å². The third kappa shape index (κ3) is 21.6. The van der Waals surface area contributed by atoms with E-state index in [1.54, 1.807) is 0 Å². The maximum Gasteiger partial charge on any atom is 0.218 e. The number of hydrogen-bond acceptors (Lipinski definition) is 6. The zero-order valence-electron chi connectivity index (χ0n) is 28.9. The number of nitrogens with two attached hydrogens (primary N) is 3. The number of rotatable bonds is 2. The highest BCUT2D eigenvalue weighted by atomic mass is 32.1. The second-order valence-corrected chi connectivity index (χ2v) is 7.21. The molecule has 0 amide bonds. The molecule has 0 saturated heterocycles. The summed E-state index contributed by atoms with van der Waals surface area (Å²) >= 11 is 4.97. The molecule has 266 valence electrons. The molecule has 7 N–H and O–H groups in total. The van der Waals surface area contributed by atoms with Crippen LogP contribution < -0.4 is 22.5 Å². The van der Waals surface area contributed by atoms with Gasteiger partial charge in [-0.3, -0.25) is 0 Å². The van der Waals surface area contributed by atoms with E-state index in [1.165, 1.54) is 0 Å². The van der Waals surface area contributed by atoms with Crippen LogP contribution in [0.5, 0.6) is 0 Å². The van der Waals surface area contributed by atoms with E-state index in [0.29, 0.717) is 16.8 Å². The number of benzene rings is 2. The fraction of sp³-hybridized carbons (Fsp3) is 0.556. The van der Waals surface area contributed by atoms with E-state index in [1.807, 2.05) is 158 Å². The molecule has 10 heteroatoms. The molecule has 0 aromatic heterocycles. The van der Waals surface area contributed by atoms with Gasteiger partial charge < -0.3 is 22.5 Å². The summed E-state index contributed by atoms with van der Waals surface area (Å²) < 4.78 is 0. The van der Waals surface area contributed by atoms with Crippen molar-refractivity contribution in [3.8, 4) is 0 Å². The lowest BCUT2D eigenvalue weighted by Gasteiger charge is -2.24. The Bertz CT molecular complexity index is 986. The molecule has 7 nitrogen and oxygen atoms in total. The van der Waals surface area contributed by atoms with Crippen molar-refractivity contribution in [3.05, 3.63) is 71.8 Å². The fourth-order valence-corrected chi connectivity index (χ4v) is 3.34. The van der Waals surface area contributed by atoms with Gasteiger partial charge in [0.15, 0.2) is 5.11 Å². The molecular formula is C36H75B2N7S. The van der Waals surface area contributed by atoms with E-state index in [9.17, 15) is 0 Å². The summed E-state index contributed by atoms with van der Waals surface area (Å²) in [5.41, 5.74) is 18.2. The molecule has 0 aliphatic carbocycles. The zero-order chi connectivity index (χ0) is 32.4. The van der Waals surface area contributed by atoms with Crippen LogP contribution in [0.25, 0.3) is 0 Å². The Balaban J connectivity index is -0.0000000483. The Morgan fingerprint density at radius 2 is 0.870 bits per heavy atom. The molecule has 0 saturated carbocycles. The molecule has 2 aromatic rings. The normalized spacial score (nSPS) is 16.5. The van der Waals surface area contributed by atoms with Crippen molar-refractivity contribution in [3.63, 3.8) is 0 Å². The smallest absolute Gasteiger partial charge is 0.218 e. The first kappa shape index (κ1) is 69.6. The molecule has 2 aliphatic heterocycles. The second-order valence-electron chi connectivity index (χ2n) is 6.82. The minimum Gasteiger partial charge on any atom is -0.385 e. The van der Waals surface area contributed by atoms with E-state index < -0.39 is 11.1 Å². The van der Waals surface area contributed by atoms with E-state index in [-0.39, 0.29) is 52.5 Å². The number of nitrogens with zero attached hydrogens (tertiary/aromatic N) is 3. The Hall–Kier alpha value is -3.13. The van der Waals surface area contributed by atoms with Gasteiger partial charge in [-0.05, 0) is 37.2 Å². The quantitative estimate of drug-likeness (QED) is 0.189. The minimum atomic E-state index is -0.592. The number of hydrogen-bond donors (Lipinski definition) is 4. The van der Waals surface area contributed by atoms with Gasteiger partial charge in [0.2, 0.25) is 5.96 Å². The van der Waals surface area contributed by atoms with Crippen LogP contribution in [0, 0.1) is 0 Å². The summed E-state index contributed by atoms with van der Waals surface area (Å²) in [6.07, 6.45) is 0. The molecule has 0 bridgehead atoms. The largest absolute Gasteiger partial charge is 0.385 e. The summed E-state index contributed by atoms with van der Waals surface area (Å²) in [5, 5.41) is 3.55. The van der Waals surface area contributed by atoms with E-state index in [4.69, 9.17) is 29.4 Å². The molecular weight excluding hydrogens is 584 g/mol. The highest BCUT2D eigenvalue weighted by Crippen LogP contribution is 2.28. The average molecular weight is 660 g/mol. The molecule has 2 aromatic carbocycles. The molecule has 2 aliphatic rings. The van der Waals surface area contributed by atoms with Crippen molar-refractivity contribution in [1.29, 1.82) is 0 Å². The van der Waals surface area contributed by atoms with Crippen LogP contribution in [-0.2, 0) is 11.1 Å². The van der Waals surface area contributed by atoms with Crippen molar-refractivity contribution < 1.29 is 0 Å². The van der Waals surface area contributed by atoms with Crippen LogP contribution in [-0.4, -0.2) is 39.6 Å². The lowest BCUT2D eigenvalue weighted by molar-refractivity contribution is 0.610. The molecule has 4 rings (SSSR count). The lowest BCUT2D eigenvalue weighted by atomic mass is 9.92. The first-order valence-corrected chi connectivity index (χ1v) is 15.1. The first-order chi connectivity index (χ1) is 19.3. The first-order valence-electron chi connectivity index (χ1n) is 14.7. The van der Waals surface area contributed by atoms with Gasteiger partial charge in [0.25, 0.3) is 0 Å². The van der Waals surface area contributed by atoms with Crippen molar-refractivity contribution in [2.75, 3.05) is 0 Å². The highest BCUT2D eigenvalue weighted by Gasteiger charge is 2.36. The number of nitrogens with one attached hydrogen (secondary N) is 1. The SMILES string of the molecule is C.C.C.C.CC.CC.CC.CC.CC.CC.CC1(c2ccccc2)N=C(N)N=C1N.CC1(c2ccccc2)NC(=S)N=C1N.[B].[B]. The number of guanidine groups is 1. The number of thiocarbonyl (C=S) groups is 1. The molecule has 46 heavy (non-hydrogen) atoms. The van der Waals surface area contributed by atoms with Gasteiger partial charge in [-0.15, -0.1) is 0 Å². The Morgan fingerprint density at radius 3 is 1.13 bits per heavy atom. The minimum absolute atomic E-state index is 0. The summed E-state index contributed by atoms with van der Waals surface area (Å²) in [7, 11) is 0. The predicted molar refractivity (Wildman–Crippen MR) is 225 cm³/mol. The Morgan fingerprint density at radius 1 is 0.543 bits per heavy atom. The van der Waals surface area contributed by atoms with Crippen LogP contribution in [0.15, 0.2) is 75.6 Å². The van der Waals surface area contributed by atoms with Gasteiger partial charge in [0.1, 0.15) is 22.7 Å². The molecule has 2 atom stereocenters. The predicted octanol–water partition coefficient (Wildman–Crippen LogP) is 9.67. The van der Waals surface area contributed by atoms with Gasteiger partial charge in [-0.25, -0.2) is 9.98 Å². The number of amidine groups is 2. The topological polar surface area (TPSA) is 127 Å². The van der Waals surface area contributed by atoms with Gasteiger partial charge in [-0.2, -0.15) is 4.99 Å². The summed E-state index contributed by atoms with van der Waals surface area (Å²) in [4.78, 5) is 12.2. The second kappa shape index (κ2) is 41.9. The third-order valence-electron chi connectivity index (χ3n) is 4.85. The van der Waals surface area contributed by atoms with Gasteiger partial charge in [0, 0.05) is 16.8 Å². The van der Waals surface area contributed by atoms with Crippen LogP contribution in [0.3, 0.4) is 0 Å². The van der Waals surface area contributed by atoms with E-state index >= 15 is 0 Å². The molecule has 6 radical (unpaired) electrons. The fourth-order valence-electron chi connectivity index (χ4n) is 3.04. The molecule has 0 spiro atoms. The van der Waals surface area contributed by atoms with Crippen LogP contribution >= 0.6 is 12.2 Å².